The number of hydrogen-bond donors (Lipinski definition) is 3. The van der Waals surface area contributed by atoms with Crippen molar-refractivity contribution in [1.29, 1.82) is 0 Å². The van der Waals surface area contributed by atoms with Gasteiger partial charge in [-0.2, -0.15) is 0 Å². The molecule has 0 aromatic carbocycles. The van der Waals surface area contributed by atoms with Gasteiger partial charge in [0.15, 0.2) is 0 Å². The first-order valence-corrected chi connectivity index (χ1v) is 31.5. The maximum absolute atomic E-state index is 12.2. The van der Waals surface area contributed by atoms with Gasteiger partial charge in [0.2, 0.25) is 5.91 Å². The molecule has 10 heteroatoms. The first-order chi connectivity index (χ1) is 33.3. The summed E-state index contributed by atoms with van der Waals surface area (Å²) in [6.07, 6.45) is 62.1. The van der Waals surface area contributed by atoms with Crippen molar-refractivity contribution in [3.8, 4) is 0 Å². The van der Waals surface area contributed by atoms with E-state index in [1.165, 1.54) is 263 Å². The van der Waals surface area contributed by atoms with Crippen molar-refractivity contribution in [2.24, 2.45) is 0 Å². The quantitative estimate of drug-likeness (QED) is 0.0312. The fourth-order valence-electron chi connectivity index (χ4n) is 9.27. The van der Waals surface area contributed by atoms with Gasteiger partial charge in [0.05, 0.1) is 13.2 Å². The van der Waals surface area contributed by atoms with Crippen LogP contribution in [0.5, 0.6) is 0 Å². The highest BCUT2D eigenvalue weighted by Crippen LogP contribution is 2.43. The summed E-state index contributed by atoms with van der Waals surface area (Å²) in [5.41, 5.74) is 0. The molecule has 0 rings (SSSR count). The number of nitrogens with one attached hydrogen (secondary N) is 1. The first-order valence-electron chi connectivity index (χ1n) is 30.0. The van der Waals surface area contributed by atoms with Gasteiger partial charge in [0.1, 0.15) is 12.7 Å². The Kier molecular flexibility index (Phi) is 54.5. The second-order valence-corrected chi connectivity index (χ2v) is 22.1. The number of hydrogen-bond acceptors (Lipinski definition) is 7. The number of rotatable bonds is 58. The average molecular weight is 987 g/mol. The molecule has 0 aromatic heterocycles. The van der Waals surface area contributed by atoms with Crippen LogP contribution in [-0.2, 0) is 27.9 Å². The predicted octanol–water partition coefficient (Wildman–Crippen LogP) is 18.3. The summed E-state index contributed by atoms with van der Waals surface area (Å²) in [4.78, 5) is 34.2. The molecule has 0 radical (unpaired) electrons. The van der Waals surface area contributed by atoms with E-state index in [-0.39, 0.29) is 25.7 Å². The summed E-state index contributed by atoms with van der Waals surface area (Å²) in [6, 6.07) is 0. The van der Waals surface area contributed by atoms with Gasteiger partial charge >= 0.3 is 13.8 Å². The third-order valence-corrected chi connectivity index (χ3v) is 14.8. The monoisotopic (exact) mass is 986 g/mol. The molecule has 0 saturated carbocycles. The second-order valence-electron chi connectivity index (χ2n) is 20.7. The number of unbranched alkanes of at least 4 members (excludes halogenated alkanes) is 45. The molecule has 1 amide bonds. The van der Waals surface area contributed by atoms with Gasteiger partial charge in [-0.15, -0.1) is 0 Å². The van der Waals surface area contributed by atoms with Crippen LogP contribution in [-0.4, -0.2) is 54.3 Å². The largest absolute Gasteiger partial charge is 0.472 e. The molecule has 68 heavy (non-hydrogen) atoms. The SMILES string of the molecule is CCCCCCCCCCCCCCCCCCCCCCCCCCC(=O)OCC(O)COP(=O)(O)OCCNC(=O)CCCCCCCCCCCCCCCCCCCCCCCCC. The second kappa shape index (κ2) is 55.3. The van der Waals surface area contributed by atoms with Crippen LogP contribution in [0.15, 0.2) is 0 Å². The molecular weight excluding hydrogens is 870 g/mol. The molecular formula is C58H116NO8P. The van der Waals surface area contributed by atoms with Gasteiger partial charge in [0.25, 0.3) is 0 Å². The van der Waals surface area contributed by atoms with Crippen LogP contribution in [0.4, 0.5) is 0 Å². The molecule has 9 nitrogen and oxygen atoms in total. The number of aliphatic hydroxyl groups excluding tert-OH is 1. The summed E-state index contributed by atoms with van der Waals surface area (Å²) in [7, 11) is -4.42. The Hall–Kier alpha value is -0.990. The van der Waals surface area contributed by atoms with E-state index in [9.17, 15) is 24.2 Å². The molecule has 0 saturated heterocycles. The summed E-state index contributed by atoms with van der Waals surface area (Å²) in [6.45, 7) is 3.65. The standard InChI is InChI=1S/C58H116NO8P/c1-3-5-7-9-11-13-15-17-19-21-23-25-27-29-31-33-35-37-39-41-43-45-47-49-51-58(62)65-54-56(60)55-67-68(63,64)66-53-52-59-57(61)50-48-46-44-42-40-38-36-34-32-30-28-26-24-22-20-18-16-14-12-10-8-6-4-2/h56,60H,3-55H2,1-2H3,(H,59,61)(H,63,64). The molecule has 0 heterocycles. The van der Waals surface area contributed by atoms with Gasteiger partial charge in [-0.25, -0.2) is 4.57 Å². The van der Waals surface area contributed by atoms with Gasteiger partial charge in [-0.3, -0.25) is 18.6 Å². The molecule has 2 unspecified atom stereocenters. The van der Waals surface area contributed by atoms with E-state index in [2.05, 4.69) is 19.2 Å². The van der Waals surface area contributed by atoms with E-state index < -0.39 is 26.5 Å². The normalized spacial score (nSPS) is 12.9. The minimum Gasteiger partial charge on any atom is -0.463 e. The van der Waals surface area contributed by atoms with Crippen molar-refractivity contribution < 1.29 is 37.9 Å². The zero-order valence-corrected chi connectivity index (χ0v) is 46.2. The van der Waals surface area contributed by atoms with Crippen LogP contribution in [0.1, 0.15) is 328 Å². The maximum atomic E-state index is 12.2. The Morgan fingerprint density at radius 3 is 0.956 bits per heavy atom. The van der Waals surface area contributed by atoms with Crippen molar-refractivity contribution in [3.05, 3.63) is 0 Å². The van der Waals surface area contributed by atoms with Crippen LogP contribution in [0.2, 0.25) is 0 Å². The number of carbonyl (C=O) groups excluding carboxylic acids is 2. The van der Waals surface area contributed by atoms with E-state index in [0.29, 0.717) is 12.8 Å². The molecule has 406 valence electrons. The average Bonchev–Trinajstić information content (AvgIpc) is 3.33. The Morgan fingerprint density at radius 1 is 0.397 bits per heavy atom. The van der Waals surface area contributed by atoms with Crippen molar-refractivity contribution in [3.63, 3.8) is 0 Å². The summed E-state index contributed by atoms with van der Waals surface area (Å²) >= 11 is 0. The lowest BCUT2D eigenvalue weighted by molar-refractivity contribution is -0.147. The zero-order valence-electron chi connectivity index (χ0n) is 45.3. The first kappa shape index (κ1) is 67.0. The number of carbonyl (C=O) groups is 2. The van der Waals surface area contributed by atoms with Gasteiger partial charge < -0.3 is 20.1 Å². The van der Waals surface area contributed by atoms with Crippen LogP contribution >= 0.6 is 7.82 Å². The lowest BCUT2D eigenvalue weighted by Crippen LogP contribution is -2.27. The topological polar surface area (TPSA) is 131 Å². The van der Waals surface area contributed by atoms with Gasteiger partial charge in [0, 0.05) is 19.4 Å². The molecule has 0 fully saturated rings. The van der Waals surface area contributed by atoms with E-state index in [0.717, 1.165) is 38.5 Å². The van der Waals surface area contributed by atoms with Crippen LogP contribution in [0.25, 0.3) is 0 Å². The lowest BCUT2D eigenvalue weighted by atomic mass is 10.0. The van der Waals surface area contributed by atoms with E-state index in [1.54, 1.807) is 0 Å². The van der Waals surface area contributed by atoms with Crippen molar-refractivity contribution in [2.75, 3.05) is 26.4 Å². The number of amides is 1. The summed E-state index contributed by atoms with van der Waals surface area (Å²) in [5.74, 6) is -0.494. The molecule has 0 spiro atoms. The fourth-order valence-corrected chi connectivity index (χ4v) is 10.0. The Labute approximate surface area is 422 Å². The van der Waals surface area contributed by atoms with E-state index in [1.807, 2.05) is 0 Å². The lowest BCUT2D eigenvalue weighted by Gasteiger charge is -2.15. The Morgan fingerprint density at radius 2 is 0.662 bits per heavy atom. The molecule has 0 aliphatic carbocycles. The molecule has 0 aliphatic heterocycles. The van der Waals surface area contributed by atoms with Crippen molar-refractivity contribution in [1.82, 2.24) is 5.32 Å². The number of phosphoric ester groups is 1. The van der Waals surface area contributed by atoms with Crippen molar-refractivity contribution >= 4 is 19.7 Å². The molecule has 3 N–H and O–H groups in total. The highest BCUT2D eigenvalue weighted by molar-refractivity contribution is 7.47. The van der Waals surface area contributed by atoms with Gasteiger partial charge in [-0.05, 0) is 12.8 Å². The third-order valence-electron chi connectivity index (χ3n) is 13.8. The van der Waals surface area contributed by atoms with E-state index >= 15 is 0 Å². The summed E-state index contributed by atoms with van der Waals surface area (Å²) in [5, 5.41) is 12.8. The maximum Gasteiger partial charge on any atom is 0.472 e. The highest BCUT2D eigenvalue weighted by Gasteiger charge is 2.23. The number of aliphatic hydroxyl groups is 1. The number of ether oxygens (including phenoxy) is 1. The van der Waals surface area contributed by atoms with Crippen LogP contribution in [0.3, 0.4) is 0 Å². The van der Waals surface area contributed by atoms with Crippen molar-refractivity contribution in [2.45, 2.75) is 335 Å². The predicted molar refractivity (Wildman–Crippen MR) is 289 cm³/mol. The minimum atomic E-state index is -4.42. The van der Waals surface area contributed by atoms with Crippen LogP contribution < -0.4 is 5.32 Å². The Bertz CT molecular complexity index is 1080. The molecule has 0 aromatic rings. The van der Waals surface area contributed by atoms with Crippen LogP contribution in [0, 0.1) is 0 Å². The highest BCUT2D eigenvalue weighted by atomic mass is 31.2. The van der Waals surface area contributed by atoms with Gasteiger partial charge in [-0.1, -0.05) is 303 Å². The summed E-state index contributed by atoms with van der Waals surface area (Å²) < 4.78 is 27.1. The number of esters is 1. The Balaban J connectivity index is 3.46. The zero-order chi connectivity index (χ0) is 49.5. The molecule has 2 atom stereocenters. The smallest absolute Gasteiger partial charge is 0.463 e. The minimum absolute atomic E-state index is 0.0892. The third kappa shape index (κ3) is 55.9. The van der Waals surface area contributed by atoms with E-state index in [4.69, 9.17) is 13.8 Å². The molecule has 0 aliphatic rings. The fraction of sp³-hybridized carbons (Fsp3) is 0.966. The number of phosphoric acid groups is 1. The molecule has 0 bridgehead atoms.